The van der Waals surface area contributed by atoms with Crippen molar-refractivity contribution in [2.24, 2.45) is 11.8 Å². The van der Waals surface area contributed by atoms with Crippen molar-refractivity contribution >= 4 is 39.6 Å². The summed E-state index contributed by atoms with van der Waals surface area (Å²) in [4.78, 5) is 52.4. The number of hydrogen-bond donors (Lipinski definition) is 3. The van der Waals surface area contributed by atoms with E-state index >= 15 is 0 Å². The monoisotopic (exact) mass is 565 g/mol. The summed E-state index contributed by atoms with van der Waals surface area (Å²) in [5.41, 5.74) is 0.858. The lowest BCUT2D eigenvalue weighted by Gasteiger charge is -2.29. The van der Waals surface area contributed by atoms with Crippen molar-refractivity contribution in [1.82, 2.24) is 16.0 Å². The summed E-state index contributed by atoms with van der Waals surface area (Å²) in [6.45, 7) is 9.39. The van der Waals surface area contributed by atoms with E-state index in [-0.39, 0.29) is 30.6 Å². The second-order valence-corrected chi connectivity index (χ2v) is 10.8. The molecule has 1 fully saturated rings. The maximum Gasteiger partial charge on any atom is 0.329 e. The van der Waals surface area contributed by atoms with Crippen molar-refractivity contribution < 1.29 is 23.9 Å². The zero-order valence-corrected chi connectivity index (χ0v) is 23.5. The minimum atomic E-state index is -0.902. The molecule has 1 aromatic rings. The molecule has 1 aliphatic rings. The molecule has 9 heteroatoms. The minimum Gasteiger partial charge on any atom is -0.460 e. The third kappa shape index (κ3) is 8.91. The Morgan fingerprint density at radius 2 is 1.64 bits per heavy atom. The Balaban J connectivity index is 2.38. The van der Waals surface area contributed by atoms with Crippen LogP contribution in [-0.4, -0.2) is 47.9 Å². The molecule has 1 aromatic carbocycles. The summed E-state index contributed by atoms with van der Waals surface area (Å²) in [6, 6.07) is 4.81. The van der Waals surface area contributed by atoms with Crippen molar-refractivity contribution in [3.8, 4) is 0 Å². The Hall–Kier alpha value is -2.42. The lowest BCUT2D eigenvalue weighted by molar-refractivity contribution is -0.158. The number of unbranched alkanes of at least 4 members (excludes halogenated alkanes) is 1. The van der Waals surface area contributed by atoms with Gasteiger partial charge >= 0.3 is 5.97 Å². The maximum atomic E-state index is 13.2. The van der Waals surface area contributed by atoms with Gasteiger partial charge in [0.05, 0.1) is 6.42 Å². The van der Waals surface area contributed by atoms with Crippen molar-refractivity contribution in [2.45, 2.75) is 97.4 Å². The Labute approximate surface area is 222 Å². The number of esters is 1. The molecule has 0 aromatic heterocycles. The standard InChI is InChI=1S/C27H40BrN3O5/c1-6-8-9-17(4)22-15-23(32)30-21(14-19-10-12-20(28)13-11-19)26(34)29-18(5)25(33)31-24(16(3)7-2)27(35)36-22/h10-13,16-18,21-22,24H,6-9,14-15H2,1-5H3,(H,29,34)(H,30,32)(H,31,33)/t16-,17-,18-,21-,22-,24+/m0/s1. The van der Waals surface area contributed by atoms with Crippen LogP contribution in [0, 0.1) is 11.8 Å². The fraction of sp³-hybridized carbons (Fsp3) is 0.630. The molecular formula is C27H40BrN3O5. The zero-order chi connectivity index (χ0) is 26.8. The highest BCUT2D eigenvalue weighted by Gasteiger charge is 2.35. The normalized spacial score (nSPS) is 25.7. The molecule has 1 heterocycles. The van der Waals surface area contributed by atoms with Gasteiger partial charge in [-0.15, -0.1) is 0 Å². The molecule has 200 valence electrons. The first-order chi connectivity index (χ1) is 17.0. The van der Waals surface area contributed by atoms with E-state index in [9.17, 15) is 19.2 Å². The number of rotatable bonds is 8. The largest absolute Gasteiger partial charge is 0.460 e. The van der Waals surface area contributed by atoms with Crippen LogP contribution < -0.4 is 16.0 Å². The van der Waals surface area contributed by atoms with Gasteiger partial charge in [0.1, 0.15) is 24.2 Å². The number of cyclic esters (lactones) is 1. The van der Waals surface area contributed by atoms with E-state index in [0.29, 0.717) is 6.42 Å². The fourth-order valence-corrected chi connectivity index (χ4v) is 4.39. The molecule has 3 amide bonds. The lowest BCUT2D eigenvalue weighted by Crippen LogP contribution is -2.55. The summed E-state index contributed by atoms with van der Waals surface area (Å²) < 4.78 is 6.79. The van der Waals surface area contributed by atoms with Crippen molar-refractivity contribution in [2.75, 3.05) is 0 Å². The molecule has 1 saturated heterocycles. The Bertz CT molecular complexity index is 907. The van der Waals surface area contributed by atoms with E-state index in [1.807, 2.05) is 45.0 Å². The van der Waals surface area contributed by atoms with Gasteiger partial charge in [0.25, 0.3) is 0 Å². The average molecular weight is 567 g/mol. The molecule has 3 N–H and O–H groups in total. The Morgan fingerprint density at radius 1 is 0.972 bits per heavy atom. The van der Waals surface area contributed by atoms with Crippen LogP contribution in [0.3, 0.4) is 0 Å². The highest BCUT2D eigenvalue weighted by Crippen LogP contribution is 2.21. The SMILES string of the molecule is CCCC[C@H](C)[C@@H]1CC(=O)N[C@@H](Cc2ccc(Br)cc2)C(=O)N[C@@H](C)C(=O)N[C@H]([C@@H](C)CC)C(=O)O1. The van der Waals surface area contributed by atoms with E-state index in [0.717, 1.165) is 29.3 Å². The van der Waals surface area contributed by atoms with Gasteiger partial charge in [0.2, 0.25) is 17.7 Å². The van der Waals surface area contributed by atoms with Gasteiger partial charge in [0, 0.05) is 10.9 Å². The molecule has 0 spiro atoms. The quantitative estimate of drug-likeness (QED) is 0.416. The van der Waals surface area contributed by atoms with Gasteiger partial charge < -0.3 is 20.7 Å². The van der Waals surface area contributed by atoms with E-state index in [2.05, 4.69) is 38.8 Å². The molecule has 1 aliphatic heterocycles. The first-order valence-electron chi connectivity index (χ1n) is 12.9. The predicted octanol–water partition coefficient (Wildman–Crippen LogP) is 3.65. The van der Waals surface area contributed by atoms with Crippen LogP contribution in [0.2, 0.25) is 0 Å². The molecule has 0 aliphatic carbocycles. The zero-order valence-electron chi connectivity index (χ0n) is 21.9. The number of benzene rings is 1. The highest BCUT2D eigenvalue weighted by molar-refractivity contribution is 9.10. The third-order valence-corrected chi connectivity index (χ3v) is 7.35. The topological polar surface area (TPSA) is 114 Å². The van der Waals surface area contributed by atoms with E-state index in [1.165, 1.54) is 0 Å². The third-order valence-electron chi connectivity index (χ3n) is 6.82. The average Bonchev–Trinajstić information content (AvgIpc) is 2.85. The van der Waals surface area contributed by atoms with E-state index in [1.54, 1.807) is 6.92 Å². The van der Waals surface area contributed by atoms with E-state index in [4.69, 9.17) is 4.74 Å². The second kappa shape index (κ2) is 14.4. The second-order valence-electron chi connectivity index (χ2n) is 9.85. The summed E-state index contributed by atoms with van der Waals surface area (Å²) in [5, 5.41) is 8.29. The molecule has 0 bridgehead atoms. The molecule has 2 rings (SSSR count). The summed E-state index contributed by atoms with van der Waals surface area (Å²) >= 11 is 3.40. The number of amides is 3. The van der Waals surface area contributed by atoms with Gasteiger partial charge in [-0.3, -0.25) is 14.4 Å². The minimum absolute atomic E-state index is 0.0581. The van der Waals surface area contributed by atoms with Crippen LogP contribution in [0.4, 0.5) is 0 Å². The lowest BCUT2D eigenvalue weighted by atomic mass is 9.94. The smallest absolute Gasteiger partial charge is 0.329 e. The van der Waals surface area contributed by atoms with Crippen LogP contribution in [-0.2, 0) is 30.3 Å². The Kier molecular flexibility index (Phi) is 11.9. The van der Waals surface area contributed by atoms with Gasteiger partial charge in [-0.1, -0.05) is 75.0 Å². The highest BCUT2D eigenvalue weighted by atomic mass is 79.9. The summed E-state index contributed by atoms with van der Waals surface area (Å²) in [5.74, 6) is -2.11. The van der Waals surface area contributed by atoms with Crippen molar-refractivity contribution in [3.63, 3.8) is 0 Å². The van der Waals surface area contributed by atoms with Crippen LogP contribution in [0.15, 0.2) is 28.7 Å². The van der Waals surface area contributed by atoms with Crippen molar-refractivity contribution in [1.29, 1.82) is 0 Å². The first-order valence-corrected chi connectivity index (χ1v) is 13.7. The number of ether oxygens (including phenoxy) is 1. The van der Waals surface area contributed by atoms with Gasteiger partial charge in [-0.05, 0) is 42.9 Å². The van der Waals surface area contributed by atoms with Crippen LogP contribution in [0.25, 0.3) is 0 Å². The number of carbonyl (C=O) groups is 4. The number of hydrogen-bond acceptors (Lipinski definition) is 5. The van der Waals surface area contributed by atoms with Gasteiger partial charge in [-0.2, -0.15) is 0 Å². The molecule has 6 atom stereocenters. The molecule has 0 unspecified atom stereocenters. The summed E-state index contributed by atoms with van der Waals surface area (Å²) in [6.07, 6.45) is 2.89. The molecule has 0 saturated carbocycles. The number of nitrogens with one attached hydrogen (secondary N) is 3. The number of halogens is 1. The maximum absolute atomic E-state index is 13.2. The fourth-order valence-electron chi connectivity index (χ4n) is 4.12. The molecule has 8 nitrogen and oxygen atoms in total. The van der Waals surface area contributed by atoms with Gasteiger partial charge in [-0.25, -0.2) is 4.79 Å². The molecule has 0 radical (unpaired) electrons. The van der Waals surface area contributed by atoms with Crippen LogP contribution in [0.5, 0.6) is 0 Å². The van der Waals surface area contributed by atoms with Crippen molar-refractivity contribution in [3.05, 3.63) is 34.3 Å². The Morgan fingerprint density at radius 3 is 2.25 bits per heavy atom. The molecular weight excluding hydrogens is 526 g/mol. The molecule has 36 heavy (non-hydrogen) atoms. The van der Waals surface area contributed by atoms with Crippen LogP contribution in [0.1, 0.15) is 72.3 Å². The number of carbonyl (C=O) groups excluding carboxylic acids is 4. The van der Waals surface area contributed by atoms with Gasteiger partial charge in [0.15, 0.2) is 0 Å². The van der Waals surface area contributed by atoms with E-state index < -0.39 is 42.0 Å². The summed E-state index contributed by atoms with van der Waals surface area (Å²) in [7, 11) is 0. The predicted molar refractivity (Wildman–Crippen MR) is 142 cm³/mol. The van der Waals surface area contributed by atoms with Crippen LogP contribution >= 0.6 is 15.9 Å². The first kappa shape index (κ1) is 29.8.